The Kier molecular flexibility index (Phi) is 7.57. The molecule has 2 N–H and O–H groups in total. The standard InChI is InChI=1S/C27H25N5O4S/c33-25(19-3-9-22(10-4-19)29-27(35)24-17-37-31-30-24)18-1-7-21(8-2-18)28-26(34)20-5-11-23(12-6-20)32-13-15-36-16-14-32/h1-12,24H,13-17H2,(H,28,34)(H,29,35). The molecular weight excluding hydrogens is 490 g/mol. The number of hydrogen-bond acceptors (Lipinski definition) is 8. The Hall–Kier alpha value is -4.02. The number of anilines is 3. The fourth-order valence-electron chi connectivity index (χ4n) is 4.01. The number of ketones is 1. The van der Waals surface area contributed by atoms with E-state index < -0.39 is 6.04 Å². The fraction of sp³-hybridized carbons (Fsp3) is 0.222. The third-order valence-corrected chi connectivity index (χ3v) is 6.78. The second-order valence-electron chi connectivity index (χ2n) is 8.58. The molecule has 1 unspecified atom stereocenters. The molecule has 3 aromatic carbocycles. The zero-order valence-corrected chi connectivity index (χ0v) is 20.7. The van der Waals surface area contributed by atoms with Crippen molar-refractivity contribution in [3.63, 3.8) is 0 Å². The van der Waals surface area contributed by atoms with E-state index in [0.29, 0.717) is 47.0 Å². The number of morpholine rings is 1. The van der Waals surface area contributed by atoms with Crippen LogP contribution in [0, 0.1) is 0 Å². The van der Waals surface area contributed by atoms with Gasteiger partial charge in [-0.25, -0.2) is 0 Å². The Morgan fingerprint density at radius 3 is 1.92 bits per heavy atom. The van der Waals surface area contributed by atoms with Crippen molar-refractivity contribution in [2.45, 2.75) is 6.04 Å². The summed E-state index contributed by atoms with van der Waals surface area (Å²) in [6.45, 7) is 3.09. The van der Waals surface area contributed by atoms with Gasteiger partial charge in [-0.3, -0.25) is 14.4 Å². The molecule has 0 spiro atoms. The van der Waals surface area contributed by atoms with Crippen LogP contribution >= 0.6 is 11.9 Å². The highest BCUT2D eigenvalue weighted by Crippen LogP contribution is 2.21. The Balaban J connectivity index is 1.17. The van der Waals surface area contributed by atoms with Crippen LogP contribution in [0.1, 0.15) is 26.3 Å². The van der Waals surface area contributed by atoms with E-state index in [9.17, 15) is 14.4 Å². The zero-order valence-electron chi connectivity index (χ0n) is 19.9. The highest BCUT2D eigenvalue weighted by Gasteiger charge is 2.22. The lowest BCUT2D eigenvalue weighted by Gasteiger charge is -2.28. The van der Waals surface area contributed by atoms with Crippen LogP contribution in [-0.4, -0.2) is 55.7 Å². The van der Waals surface area contributed by atoms with E-state index in [2.05, 4.69) is 25.2 Å². The van der Waals surface area contributed by atoms with Crippen LogP contribution in [0.15, 0.2) is 82.4 Å². The van der Waals surface area contributed by atoms with Crippen molar-refractivity contribution in [1.29, 1.82) is 0 Å². The summed E-state index contributed by atoms with van der Waals surface area (Å²) in [5.74, 6) is -0.0723. The molecule has 1 atom stereocenters. The topological polar surface area (TPSA) is 112 Å². The molecule has 188 valence electrons. The molecule has 10 heteroatoms. The molecule has 2 aliphatic heterocycles. The summed E-state index contributed by atoms with van der Waals surface area (Å²) < 4.78 is 9.15. The lowest BCUT2D eigenvalue weighted by Crippen LogP contribution is -2.36. The van der Waals surface area contributed by atoms with Gasteiger partial charge in [0, 0.05) is 58.8 Å². The maximum absolute atomic E-state index is 12.9. The van der Waals surface area contributed by atoms with Crippen molar-refractivity contribution in [2.24, 2.45) is 9.63 Å². The van der Waals surface area contributed by atoms with Crippen LogP contribution in [0.4, 0.5) is 17.1 Å². The predicted molar refractivity (Wildman–Crippen MR) is 143 cm³/mol. The number of nitrogens with one attached hydrogen (secondary N) is 2. The first-order valence-electron chi connectivity index (χ1n) is 11.9. The van der Waals surface area contributed by atoms with Gasteiger partial charge in [0.2, 0.25) is 0 Å². The minimum Gasteiger partial charge on any atom is -0.378 e. The van der Waals surface area contributed by atoms with Crippen molar-refractivity contribution >= 4 is 46.6 Å². The molecule has 0 bridgehead atoms. The molecule has 37 heavy (non-hydrogen) atoms. The second-order valence-corrected chi connectivity index (χ2v) is 9.34. The average molecular weight is 516 g/mol. The molecule has 9 nitrogen and oxygen atoms in total. The molecule has 2 amide bonds. The normalized spacial score (nSPS) is 16.9. The number of rotatable bonds is 7. The van der Waals surface area contributed by atoms with Crippen molar-refractivity contribution in [3.8, 4) is 0 Å². The van der Waals surface area contributed by atoms with Gasteiger partial charge < -0.3 is 20.3 Å². The molecule has 5 rings (SSSR count). The van der Waals surface area contributed by atoms with Gasteiger partial charge in [0.25, 0.3) is 11.8 Å². The molecule has 2 heterocycles. The molecular formula is C27H25N5O4S. The van der Waals surface area contributed by atoms with Crippen molar-refractivity contribution < 1.29 is 19.1 Å². The first kappa shape index (κ1) is 24.7. The molecule has 1 fully saturated rings. The quantitative estimate of drug-likeness (QED) is 0.356. The number of amides is 2. The highest BCUT2D eigenvalue weighted by atomic mass is 32.2. The largest absolute Gasteiger partial charge is 0.378 e. The Labute approximate surface area is 218 Å². The Morgan fingerprint density at radius 2 is 1.35 bits per heavy atom. The monoisotopic (exact) mass is 515 g/mol. The third-order valence-electron chi connectivity index (χ3n) is 6.10. The number of carbonyl (C=O) groups is 3. The first-order valence-corrected chi connectivity index (χ1v) is 12.8. The average Bonchev–Trinajstić information content (AvgIpc) is 3.50. The van der Waals surface area contributed by atoms with Gasteiger partial charge in [0.1, 0.15) is 0 Å². The van der Waals surface area contributed by atoms with E-state index in [1.165, 1.54) is 11.9 Å². The maximum Gasteiger partial charge on any atom is 0.255 e. The number of carbonyl (C=O) groups excluding carboxylic acids is 3. The summed E-state index contributed by atoms with van der Waals surface area (Å²) in [5.41, 5.74) is 3.79. The van der Waals surface area contributed by atoms with Gasteiger partial charge in [-0.2, -0.15) is 5.11 Å². The van der Waals surface area contributed by atoms with Crippen LogP contribution < -0.4 is 15.5 Å². The fourth-order valence-corrected chi connectivity index (χ4v) is 4.61. The number of benzene rings is 3. The molecule has 0 aliphatic carbocycles. The SMILES string of the molecule is O=C(Nc1ccc(C(=O)c2ccc(NC(=O)C3CSN=N3)cc2)cc1)c1ccc(N2CCOCC2)cc1. The van der Waals surface area contributed by atoms with Crippen LogP contribution in [0.2, 0.25) is 0 Å². The van der Waals surface area contributed by atoms with Gasteiger partial charge in [0.15, 0.2) is 11.8 Å². The summed E-state index contributed by atoms with van der Waals surface area (Å²) in [4.78, 5) is 40.0. The lowest BCUT2D eigenvalue weighted by atomic mass is 10.0. The van der Waals surface area contributed by atoms with Gasteiger partial charge in [0.05, 0.1) is 19.0 Å². The number of nitrogens with zero attached hydrogens (tertiary/aromatic N) is 3. The van der Waals surface area contributed by atoms with E-state index in [4.69, 9.17) is 4.74 Å². The van der Waals surface area contributed by atoms with E-state index in [1.807, 2.05) is 12.1 Å². The molecule has 3 aromatic rings. The predicted octanol–water partition coefficient (Wildman–Crippen LogP) is 4.43. The maximum atomic E-state index is 12.9. The van der Waals surface area contributed by atoms with Gasteiger partial charge >= 0.3 is 0 Å². The van der Waals surface area contributed by atoms with Crippen LogP contribution in [0.25, 0.3) is 0 Å². The van der Waals surface area contributed by atoms with E-state index >= 15 is 0 Å². The lowest BCUT2D eigenvalue weighted by molar-refractivity contribution is -0.116. The van der Waals surface area contributed by atoms with E-state index in [1.54, 1.807) is 60.7 Å². The smallest absolute Gasteiger partial charge is 0.255 e. The minimum absolute atomic E-state index is 0.157. The molecule has 0 aromatic heterocycles. The second kappa shape index (κ2) is 11.4. The first-order chi connectivity index (χ1) is 18.1. The summed E-state index contributed by atoms with van der Waals surface area (Å²) >= 11 is 1.26. The molecule has 0 saturated carbocycles. The van der Waals surface area contributed by atoms with E-state index in [0.717, 1.165) is 18.8 Å². The summed E-state index contributed by atoms with van der Waals surface area (Å²) in [5, 5.41) is 9.53. The van der Waals surface area contributed by atoms with Crippen molar-refractivity contribution in [3.05, 3.63) is 89.5 Å². The summed E-state index contributed by atoms with van der Waals surface area (Å²) in [7, 11) is 0. The summed E-state index contributed by atoms with van der Waals surface area (Å²) in [6, 6.07) is 20.5. The van der Waals surface area contributed by atoms with Crippen molar-refractivity contribution in [1.82, 2.24) is 0 Å². The summed E-state index contributed by atoms with van der Waals surface area (Å²) in [6.07, 6.45) is 0. The zero-order chi connectivity index (χ0) is 25.6. The number of hydrogen-bond donors (Lipinski definition) is 2. The molecule has 1 saturated heterocycles. The van der Waals surface area contributed by atoms with Gasteiger partial charge in [-0.15, -0.1) is 4.52 Å². The van der Waals surface area contributed by atoms with Crippen LogP contribution in [0.3, 0.4) is 0 Å². The third kappa shape index (κ3) is 6.04. The Morgan fingerprint density at radius 1 is 0.784 bits per heavy atom. The molecule has 0 radical (unpaired) electrons. The minimum atomic E-state index is -0.486. The van der Waals surface area contributed by atoms with Crippen LogP contribution in [-0.2, 0) is 9.53 Å². The van der Waals surface area contributed by atoms with Crippen molar-refractivity contribution in [2.75, 3.05) is 47.6 Å². The number of ether oxygens (including phenoxy) is 1. The van der Waals surface area contributed by atoms with E-state index in [-0.39, 0.29) is 17.6 Å². The highest BCUT2D eigenvalue weighted by molar-refractivity contribution is 7.98. The van der Waals surface area contributed by atoms with Crippen LogP contribution in [0.5, 0.6) is 0 Å². The van der Waals surface area contributed by atoms with Gasteiger partial charge in [-0.1, -0.05) is 0 Å². The van der Waals surface area contributed by atoms with Gasteiger partial charge in [-0.05, 0) is 72.8 Å². The molecule has 2 aliphatic rings. The Bertz CT molecular complexity index is 1300.